The minimum absolute atomic E-state index is 0.0264. The summed E-state index contributed by atoms with van der Waals surface area (Å²) in [6.45, 7) is 6.14. The highest BCUT2D eigenvalue weighted by Crippen LogP contribution is 2.25. The van der Waals surface area contributed by atoms with E-state index in [9.17, 15) is 25.3 Å². The molecule has 3 fully saturated rings. The number of nitrogens with one attached hydrogen (secondary N) is 3. The van der Waals surface area contributed by atoms with Crippen LogP contribution in [0.25, 0.3) is 0 Å². The quantitative estimate of drug-likeness (QED) is 0.272. The van der Waals surface area contributed by atoms with Crippen molar-refractivity contribution in [2.45, 2.75) is 56.7 Å². The lowest BCUT2D eigenvalue weighted by Gasteiger charge is -2.33. The fourth-order valence-electron chi connectivity index (χ4n) is 5.04. The number of hydrogen-bond donors (Lipinski definition) is 3. The molecule has 40 heavy (non-hydrogen) atoms. The van der Waals surface area contributed by atoms with Gasteiger partial charge in [0.15, 0.2) is 34.6 Å². The average Bonchev–Trinajstić information content (AvgIpc) is 3.33. The molecule has 3 rings (SSSR count). The molecule has 18 heteroatoms. The Hall–Kier alpha value is -1.08. The Bertz CT molecular complexity index is 1270. The van der Waals surface area contributed by atoms with Gasteiger partial charge in [0.05, 0.1) is 64.2 Å². The Morgan fingerprint density at radius 3 is 1.27 bits per heavy atom. The highest BCUT2D eigenvalue weighted by Gasteiger charge is 2.41. The molecular weight excluding hydrogens is 641 g/mol. The molecule has 12 nitrogen and oxygen atoms in total. The van der Waals surface area contributed by atoms with E-state index < -0.39 is 46.1 Å². The molecule has 3 aliphatic heterocycles. The van der Waals surface area contributed by atoms with Crippen molar-refractivity contribution < 1.29 is 34.7 Å². The van der Waals surface area contributed by atoms with Gasteiger partial charge in [-0.05, 0) is 76.7 Å². The van der Waals surface area contributed by atoms with Crippen LogP contribution in [0.1, 0.15) is 40.0 Å². The molecule has 0 aliphatic carbocycles. The van der Waals surface area contributed by atoms with E-state index in [1.807, 2.05) is 0 Å². The van der Waals surface area contributed by atoms with Gasteiger partial charge in [-0.15, -0.1) is 0 Å². The van der Waals surface area contributed by atoms with Crippen LogP contribution < -0.4 is 16.0 Å². The summed E-state index contributed by atoms with van der Waals surface area (Å²) < 4.78 is 82.9. The maximum Gasteiger partial charge on any atom is 0.257 e. The molecule has 0 aromatic heterocycles. The number of thiocarbonyl (C=S) groups is 3. The zero-order valence-corrected chi connectivity index (χ0v) is 27.8. The van der Waals surface area contributed by atoms with E-state index in [0.717, 1.165) is 0 Å². The predicted molar refractivity (Wildman–Crippen MR) is 166 cm³/mol. The Balaban J connectivity index is 1.54. The summed E-state index contributed by atoms with van der Waals surface area (Å²) in [5.41, 5.74) is -2.10. The summed E-state index contributed by atoms with van der Waals surface area (Å²) in [6, 6.07) is 0. The van der Waals surface area contributed by atoms with Gasteiger partial charge in [-0.2, -0.15) is 0 Å². The highest BCUT2D eigenvalue weighted by atomic mass is 32.2. The molecule has 0 aromatic rings. The van der Waals surface area contributed by atoms with Crippen molar-refractivity contribution in [2.75, 3.05) is 60.8 Å². The Labute approximate surface area is 253 Å². The van der Waals surface area contributed by atoms with E-state index in [1.165, 1.54) is 0 Å². The minimum Gasteiger partial charge on any atom is -0.469 e. The van der Waals surface area contributed by atoms with E-state index in [-0.39, 0.29) is 71.2 Å². The van der Waals surface area contributed by atoms with Crippen molar-refractivity contribution in [3.05, 3.63) is 0 Å². The van der Waals surface area contributed by atoms with Crippen molar-refractivity contribution in [3.8, 4) is 0 Å². The van der Waals surface area contributed by atoms with Crippen molar-refractivity contribution in [1.29, 1.82) is 0 Å². The highest BCUT2D eigenvalue weighted by molar-refractivity contribution is 7.92. The molecule has 3 atom stereocenters. The van der Waals surface area contributed by atoms with Crippen molar-refractivity contribution >= 4 is 81.6 Å². The van der Waals surface area contributed by atoms with Gasteiger partial charge in [0, 0.05) is 0 Å². The second kappa shape index (κ2) is 12.3. The molecule has 3 unspecified atom stereocenters. The van der Waals surface area contributed by atoms with Gasteiger partial charge in [0.25, 0.3) is 10.3 Å². The lowest BCUT2D eigenvalue weighted by atomic mass is 10.0. The molecule has 3 saturated heterocycles. The van der Waals surface area contributed by atoms with E-state index in [2.05, 4.69) is 16.0 Å². The molecular formula is C22H38N4O8S6. The summed E-state index contributed by atoms with van der Waals surface area (Å²) in [5, 5.41) is 9.62. The molecule has 3 N–H and O–H groups in total. The molecule has 0 amide bonds. The molecule has 0 spiro atoms. The van der Waals surface area contributed by atoms with Crippen LogP contribution in [-0.4, -0.2) is 123 Å². The first-order chi connectivity index (χ1) is 18.2. The fourth-order valence-corrected chi connectivity index (χ4v) is 12.4. The molecule has 0 aromatic carbocycles. The Morgan fingerprint density at radius 1 is 0.650 bits per heavy atom. The van der Waals surface area contributed by atoms with Crippen LogP contribution in [0.5, 0.6) is 0 Å². The molecule has 230 valence electrons. The van der Waals surface area contributed by atoms with Crippen LogP contribution in [-0.2, 0) is 39.0 Å². The van der Waals surface area contributed by atoms with Crippen molar-refractivity contribution in [1.82, 2.24) is 20.9 Å². The van der Waals surface area contributed by atoms with Crippen LogP contribution in [0.3, 0.4) is 0 Å². The van der Waals surface area contributed by atoms with E-state index in [0.29, 0.717) is 24.4 Å². The number of sulfone groups is 3. The molecule has 0 radical (unpaired) electrons. The third-order valence-electron chi connectivity index (χ3n) is 7.20. The lowest BCUT2D eigenvalue weighted by Crippen LogP contribution is -2.54. The van der Waals surface area contributed by atoms with Gasteiger partial charge in [-0.3, -0.25) is 0 Å². The number of nitrogens with zero attached hydrogens (tertiary/aromatic N) is 1. The molecule has 3 heterocycles. The summed E-state index contributed by atoms with van der Waals surface area (Å²) in [4.78, 5) is 1.75. The zero-order chi connectivity index (χ0) is 30.0. The minimum atomic E-state index is -3.16. The van der Waals surface area contributed by atoms with Crippen LogP contribution in [0, 0.1) is 0 Å². The third kappa shape index (κ3) is 10.0. The normalized spacial score (nSPS) is 31.7. The van der Waals surface area contributed by atoms with E-state index in [4.69, 9.17) is 46.1 Å². The first-order valence-electron chi connectivity index (χ1n) is 12.8. The average molecular weight is 679 g/mol. The van der Waals surface area contributed by atoms with Gasteiger partial charge in [0.1, 0.15) is 13.2 Å². The summed E-state index contributed by atoms with van der Waals surface area (Å²) >= 11 is 16.2. The van der Waals surface area contributed by atoms with Gasteiger partial charge < -0.3 is 30.3 Å². The molecule has 3 aliphatic rings. The predicted octanol–water partition coefficient (Wildman–Crippen LogP) is -0.323. The molecule has 0 saturated carbocycles. The smallest absolute Gasteiger partial charge is 0.257 e. The number of hydrogen-bond acceptors (Lipinski definition) is 11. The van der Waals surface area contributed by atoms with E-state index >= 15 is 0 Å². The first kappa shape index (κ1) is 33.4. The SMILES string of the molecule is CC1(NC(=S)OCCN(CCOC(=S)NC2(C)CCS(=O)(=O)C2)C(=S)NC2(C)CCS(=O)(=O)C2)CCS(=O)(=O)C1. The third-order valence-corrected chi connectivity index (χ3v) is 13.7. The van der Waals surface area contributed by atoms with Gasteiger partial charge in [0.2, 0.25) is 0 Å². The number of ether oxygens (including phenoxy) is 2. The Kier molecular flexibility index (Phi) is 10.2. The van der Waals surface area contributed by atoms with Gasteiger partial charge >= 0.3 is 0 Å². The summed E-state index contributed by atoms with van der Waals surface area (Å²) in [5.74, 6) is 0.170. The second-order valence-electron chi connectivity index (χ2n) is 11.6. The first-order valence-corrected chi connectivity index (χ1v) is 19.5. The summed E-state index contributed by atoms with van der Waals surface area (Å²) in [7, 11) is -9.40. The standard InChI is InChI=1S/C22H38N4O8S6/c1-20(4-11-38(27,28)14-20)23-17(35)26(7-9-33-18(36)24-21(2)5-12-39(29,30)15-21)8-10-34-19(37)25-22(3)6-13-40(31,32)16-22/h4-16H2,1-3H3,(H,23,35)(H,24,36)(H,25,37). The van der Waals surface area contributed by atoms with Crippen LogP contribution >= 0.6 is 36.7 Å². The van der Waals surface area contributed by atoms with Crippen LogP contribution in [0.2, 0.25) is 0 Å². The van der Waals surface area contributed by atoms with Gasteiger partial charge in [-0.1, -0.05) is 0 Å². The topological polar surface area (TPSA) is 160 Å². The maximum atomic E-state index is 12.1. The number of rotatable bonds is 9. The zero-order valence-electron chi connectivity index (χ0n) is 22.9. The lowest BCUT2D eigenvalue weighted by molar-refractivity contribution is 0.209. The van der Waals surface area contributed by atoms with Crippen LogP contribution in [0.15, 0.2) is 0 Å². The summed E-state index contributed by atoms with van der Waals surface area (Å²) in [6.07, 6.45) is 1.27. The maximum absolute atomic E-state index is 12.1. The Morgan fingerprint density at radius 2 is 0.975 bits per heavy atom. The molecule has 0 bridgehead atoms. The second-order valence-corrected chi connectivity index (χ2v) is 19.3. The van der Waals surface area contributed by atoms with Crippen LogP contribution in [0.4, 0.5) is 0 Å². The largest absolute Gasteiger partial charge is 0.469 e. The van der Waals surface area contributed by atoms with Gasteiger partial charge in [-0.25, -0.2) is 25.3 Å². The monoisotopic (exact) mass is 678 g/mol. The van der Waals surface area contributed by atoms with E-state index in [1.54, 1.807) is 25.7 Å². The van der Waals surface area contributed by atoms with Crippen molar-refractivity contribution in [3.63, 3.8) is 0 Å². The fraction of sp³-hybridized carbons (Fsp3) is 0.864. The van der Waals surface area contributed by atoms with Crippen molar-refractivity contribution in [2.24, 2.45) is 0 Å².